The molecule has 0 unspecified atom stereocenters. The number of rotatable bonds is 5. The van der Waals surface area contributed by atoms with E-state index in [-0.39, 0.29) is 5.69 Å². The van der Waals surface area contributed by atoms with Crippen molar-refractivity contribution in [2.45, 2.75) is 6.54 Å². The Kier molecular flexibility index (Phi) is 3.89. The van der Waals surface area contributed by atoms with Gasteiger partial charge >= 0.3 is 0 Å². The summed E-state index contributed by atoms with van der Waals surface area (Å²) >= 11 is 0. The largest absolute Gasteiger partial charge is 0.361 e. The monoisotopic (exact) mass is 347 g/mol. The maximum atomic E-state index is 11.0. The van der Waals surface area contributed by atoms with Crippen molar-refractivity contribution in [3.05, 3.63) is 76.6 Å². The van der Waals surface area contributed by atoms with Gasteiger partial charge in [0.05, 0.1) is 16.8 Å². The predicted octanol–water partition coefficient (Wildman–Crippen LogP) is 4.09. The summed E-state index contributed by atoms with van der Waals surface area (Å²) in [6.07, 6.45) is 3.71. The fourth-order valence-electron chi connectivity index (χ4n) is 3.07. The van der Waals surface area contributed by atoms with E-state index < -0.39 is 4.92 Å². The van der Waals surface area contributed by atoms with Gasteiger partial charge in [-0.15, -0.1) is 0 Å². The second kappa shape index (κ2) is 6.36. The number of fused-ring (bicyclic) bond motifs is 1. The number of imidazole rings is 1. The number of nitrogens with zero attached hydrogens (tertiary/aromatic N) is 3. The number of aromatic nitrogens is 3. The fraction of sp³-hybridized carbons (Fsp3) is 0.105. The summed E-state index contributed by atoms with van der Waals surface area (Å²) in [6.45, 7) is 0.628. The number of anilines is 1. The zero-order chi connectivity index (χ0) is 18.1. The second-order valence-electron chi connectivity index (χ2n) is 6.05. The Balaban J connectivity index is 1.58. The van der Waals surface area contributed by atoms with E-state index in [0.717, 1.165) is 22.3 Å². The van der Waals surface area contributed by atoms with Crippen molar-refractivity contribution in [2.24, 2.45) is 7.05 Å². The van der Waals surface area contributed by atoms with Crippen molar-refractivity contribution >= 4 is 22.5 Å². The van der Waals surface area contributed by atoms with E-state index in [0.29, 0.717) is 12.5 Å². The highest BCUT2D eigenvalue weighted by Crippen LogP contribution is 2.26. The summed E-state index contributed by atoms with van der Waals surface area (Å²) in [5.74, 6) is 0.705. The molecule has 0 aliphatic carbocycles. The molecule has 7 heteroatoms. The Labute approximate surface area is 149 Å². The first-order valence-electron chi connectivity index (χ1n) is 8.19. The molecule has 130 valence electrons. The van der Waals surface area contributed by atoms with E-state index in [2.05, 4.69) is 21.4 Å². The van der Waals surface area contributed by atoms with Crippen LogP contribution in [0.15, 0.2) is 60.9 Å². The number of aromatic amines is 1. The minimum atomic E-state index is -0.393. The van der Waals surface area contributed by atoms with Gasteiger partial charge in [-0.3, -0.25) is 10.1 Å². The van der Waals surface area contributed by atoms with Crippen LogP contribution in [0.4, 0.5) is 11.6 Å². The van der Waals surface area contributed by atoms with Crippen LogP contribution in [0.5, 0.6) is 0 Å². The zero-order valence-corrected chi connectivity index (χ0v) is 14.1. The van der Waals surface area contributed by atoms with E-state index in [9.17, 15) is 10.1 Å². The first-order valence-corrected chi connectivity index (χ1v) is 8.19. The average Bonchev–Trinajstić information content (AvgIpc) is 3.23. The first kappa shape index (κ1) is 15.9. The predicted molar refractivity (Wildman–Crippen MR) is 101 cm³/mol. The smallest absolute Gasteiger partial charge is 0.270 e. The lowest BCUT2D eigenvalue weighted by molar-refractivity contribution is -0.384. The van der Waals surface area contributed by atoms with Crippen LogP contribution in [0.3, 0.4) is 0 Å². The molecular formula is C19H17N5O2. The van der Waals surface area contributed by atoms with E-state index in [4.69, 9.17) is 0 Å². The van der Waals surface area contributed by atoms with Crippen LogP contribution in [0, 0.1) is 10.1 Å². The Hall–Kier alpha value is -3.61. The molecule has 7 nitrogen and oxygen atoms in total. The Morgan fingerprint density at radius 3 is 2.92 bits per heavy atom. The standard InChI is InChI=1S/C19H17N5O2/c1-23-18(13-5-4-6-15(9-13)24(25)26)12-22-19(23)21-11-14-10-20-17-8-3-2-7-16(14)17/h2-10,12,20H,11H2,1H3,(H,21,22). The summed E-state index contributed by atoms with van der Waals surface area (Å²) in [5, 5.41) is 15.5. The molecule has 0 saturated carbocycles. The third-order valence-corrected chi connectivity index (χ3v) is 4.45. The number of hydrogen-bond donors (Lipinski definition) is 2. The second-order valence-corrected chi connectivity index (χ2v) is 6.05. The van der Waals surface area contributed by atoms with Gasteiger partial charge in [-0.2, -0.15) is 0 Å². The topological polar surface area (TPSA) is 88.8 Å². The maximum Gasteiger partial charge on any atom is 0.270 e. The SMILES string of the molecule is Cn1c(-c2cccc([N+](=O)[O-])c2)cnc1NCc1c[nH]c2ccccc12. The number of benzene rings is 2. The van der Waals surface area contributed by atoms with Crippen LogP contribution in [0.25, 0.3) is 22.2 Å². The molecule has 0 amide bonds. The number of non-ortho nitro benzene ring substituents is 1. The molecule has 2 aromatic carbocycles. The molecule has 0 spiro atoms. The minimum absolute atomic E-state index is 0.0667. The summed E-state index contributed by atoms with van der Waals surface area (Å²) in [7, 11) is 1.89. The van der Waals surface area contributed by atoms with Crippen molar-refractivity contribution < 1.29 is 4.92 Å². The van der Waals surface area contributed by atoms with Crippen LogP contribution in [0.1, 0.15) is 5.56 Å². The van der Waals surface area contributed by atoms with Crippen LogP contribution in [-0.4, -0.2) is 19.5 Å². The summed E-state index contributed by atoms with van der Waals surface area (Å²) in [4.78, 5) is 18.3. The van der Waals surface area contributed by atoms with E-state index in [1.807, 2.05) is 42.1 Å². The number of para-hydroxylation sites is 1. The number of H-pyrrole nitrogens is 1. The number of nitro groups is 1. The molecule has 2 heterocycles. The molecule has 0 fully saturated rings. The lowest BCUT2D eigenvalue weighted by Gasteiger charge is -2.08. The van der Waals surface area contributed by atoms with Gasteiger partial charge in [0.1, 0.15) is 0 Å². The van der Waals surface area contributed by atoms with Crippen LogP contribution < -0.4 is 5.32 Å². The molecule has 0 atom stereocenters. The van der Waals surface area contributed by atoms with Gasteiger partial charge in [0.15, 0.2) is 0 Å². The Morgan fingerprint density at radius 1 is 1.23 bits per heavy atom. The van der Waals surface area contributed by atoms with Crippen molar-refractivity contribution in [3.8, 4) is 11.3 Å². The minimum Gasteiger partial charge on any atom is -0.361 e. The number of nitrogens with one attached hydrogen (secondary N) is 2. The highest BCUT2D eigenvalue weighted by molar-refractivity contribution is 5.83. The van der Waals surface area contributed by atoms with Crippen molar-refractivity contribution in [1.82, 2.24) is 14.5 Å². The summed E-state index contributed by atoms with van der Waals surface area (Å²) in [6, 6.07) is 14.7. The molecule has 2 N–H and O–H groups in total. The van der Waals surface area contributed by atoms with Crippen LogP contribution >= 0.6 is 0 Å². The van der Waals surface area contributed by atoms with Gasteiger partial charge < -0.3 is 14.9 Å². The van der Waals surface area contributed by atoms with Crippen LogP contribution in [0.2, 0.25) is 0 Å². The maximum absolute atomic E-state index is 11.0. The molecule has 4 rings (SSSR count). The molecule has 2 aromatic heterocycles. The molecular weight excluding hydrogens is 330 g/mol. The van der Waals surface area contributed by atoms with Crippen molar-refractivity contribution in [2.75, 3.05) is 5.32 Å². The van der Waals surface area contributed by atoms with Crippen molar-refractivity contribution in [3.63, 3.8) is 0 Å². The zero-order valence-electron chi connectivity index (χ0n) is 14.1. The van der Waals surface area contributed by atoms with Gasteiger partial charge in [-0.1, -0.05) is 30.3 Å². The fourth-order valence-corrected chi connectivity index (χ4v) is 3.07. The normalized spacial score (nSPS) is 11.0. The summed E-state index contributed by atoms with van der Waals surface area (Å²) < 4.78 is 1.90. The highest BCUT2D eigenvalue weighted by Gasteiger charge is 2.12. The molecule has 0 aliphatic rings. The number of hydrogen-bond acceptors (Lipinski definition) is 4. The van der Waals surface area contributed by atoms with Gasteiger partial charge in [-0.25, -0.2) is 4.98 Å². The van der Waals surface area contributed by atoms with Crippen LogP contribution in [-0.2, 0) is 13.6 Å². The van der Waals surface area contributed by atoms with Gasteiger partial charge in [0.25, 0.3) is 5.69 Å². The third kappa shape index (κ3) is 2.79. The molecule has 0 saturated heterocycles. The Bertz CT molecular complexity index is 1100. The quantitative estimate of drug-likeness (QED) is 0.420. The highest BCUT2D eigenvalue weighted by atomic mass is 16.6. The molecule has 4 aromatic rings. The van der Waals surface area contributed by atoms with Gasteiger partial charge in [-0.05, 0) is 11.6 Å². The Morgan fingerprint density at radius 2 is 2.08 bits per heavy atom. The first-order chi connectivity index (χ1) is 12.6. The van der Waals surface area contributed by atoms with Gasteiger partial charge in [0, 0.05) is 48.4 Å². The molecule has 26 heavy (non-hydrogen) atoms. The van der Waals surface area contributed by atoms with Crippen molar-refractivity contribution in [1.29, 1.82) is 0 Å². The molecule has 0 radical (unpaired) electrons. The average molecular weight is 347 g/mol. The van der Waals surface area contributed by atoms with E-state index >= 15 is 0 Å². The van der Waals surface area contributed by atoms with E-state index in [1.165, 1.54) is 11.5 Å². The third-order valence-electron chi connectivity index (χ3n) is 4.45. The molecule has 0 aliphatic heterocycles. The van der Waals surface area contributed by atoms with Gasteiger partial charge in [0.2, 0.25) is 5.95 Å². The lowest BCUT2D eigenvalue weighted by atomic mass is 10.1. The van der Waals surface area contributed by atoms with E-state index in [1.54, 1.807) is 18.3 Å². The number of nitro benzene ring substituents is 1. The molecule has 0 bridgehead atoms. The summed E-state index contributed by atoms with van der Waals surface area (Å²) in [5.41, 5.74) is 3.89. The lowest BCUT2D eigenvalue weighted by Crippen LogP contribution is -2.05.